The van der Waals surface area contributed by atoms with Gasteiger partial charge in [-0.25, -0.2) is 4.98 Å². The van der Waals surface area contributed by atoms with E-state index in [1.54, 1.807) is 6.20 Å². The Kier molecular flexibility index (Phi) is 6.30. The summed E-state index contributed by atoms with van der Waals surface area (Å²) in [6.45, 7) is 3.48. The molecule has 1 amide bonds. The summed E-state index contributed by atoms with van der Waals surface area (Å²) < 4.78 is 11.2. The molecule has 1 unspecified atom stereocenters. The molecule has 2 N–H and O–H groups in total. The third-order valence-corrected chi connectivity index (χ3v) is 7.49. The topological polar surface area (TPSA) is 155 Å². The van der Waals surface area contributed by atoms with Gasteiger partial charge in [0.15, 0.2) is 5.65 Å². The van der Waals surface area contributed by atoms with Crippen molar-refractivity contribution in [3.05, 3.63) is 29.8 Å². The van der Waals surface area contributed by atoms with Gasteiger partial charge < -0.3 is 19.7 Å². The Hall–Kier alpha value is -3.85. The molecule has 6 rings (SSSR count). The molecule has 3 aromatic rings. The average Bonchev–Trinajstić information content (AvgIpc) is 3.32. The molecule has 192 valence electrons. The van der Waals surface area contributed by atoms with E-state index in [0.29, 0.717) is 44.0 Å². The summed E-state index contributed by atoms with van der Waals surface area (Å²) in [4.78, 5) is 32.6. The molecule has 3 fully saturated rings. The zero-order chi connectivity index (χ0) is 25.2. The van der Waals surface area contributed by atoms with Gasteiger partial charge >= 0.3 is 6.01 Å². The molecule has 37 heavy (non-hydrogen) atoms. The lowest BCUT2D eigenvalue weighted by molar-refractivity contribution is 0.0932. The van der Waals surface area contributed by atoms with Crippen molar-refractivity contribution in [3.63, 3.8) is 0 Å². The zero-order valence-electron chi connectivity index (χ0n) is 20.5. The monoisotopic (exact) mass is 503 g/mol. The van der Waals surface area contributed by atoms with Crippen molar-refractivity contribution < 1.29 is 14.3 Å². The van der Waals surface area contributed by atoms with E-state index in [-0.39, 0.29) is 24.3 Å². The molecule has 5 heterocycles. The minimum absolute atomic E-state index is 0.0217. The fourth-order valence-electron chi connectivity index (χ4n) is 4.90. The first-order chi connectivity index (χ1) is 18.1. The third kappa shape index (κ3) is 5.04. The Balaban J connectivity index is 1.17. The van der Waals surface area contributed by atoms with Gasteiger partial charge in [-0.05, 0) is 44.2 Å². The number of nitrogens with zero attached hydrogens (tertiary/aromatic N) is 7. The summed E-state index contributed by atoms with van der Waals surface area (Å²) >= 11 is 0. The fourth-order valence-corrected chi connectivity index (χ4v) is 4.90. The molecule has 0 aromatic carbocycles. The van der Waals surface area contributed by atoms with Crippen molar-refractivity contribution in [2.45, 2.75) is 38.0 Å². The number of aromatic amines is 1. The highest BCUT2D eigenvalue weighted by atomic mass is 16.5. The summed E-state index contributed by atoms with van der Waals surface area (Å²) in [7, 11) is 0. The van der Waals surface area contributed by atoms with Crippen molar-refractivity contribution in [3.8, 4) is 12.1 Å². The average molecular weight is 504 g/mol. The number of carbonyl (C=O) groups is 1. The second-order valence-electron chi connectivity index (χ2n) is 10.1. The van der Waals surface area contributed by atoms with Gasteiger partial charge in [0.25, 0.3) is 5.91 Å². The molecular weight excluding hydrogens is 474 g/mol. The van der Waals surface area contributed by atoms with E-state index in [9.17, 15) is 10.1 Å². The van der Waals surface area contributed by atoms with Crippen LogP contribution in [0.5, 0.6) is 6.01 Å². The van der Waals surface area contributed by atoms with Gasteiger partial charge in [-0.1, -0.05) is 0 Å². The first kappa shape index (κ1) is 23.5. The molecule has 3 aromatic heterocycles. The Bertz CT molecular complexity index is 1320. The summed E-state index contributed by atoms with van der Waals surface area (Å²) in [5.74, 6) is 0.668. The van der Waals surface area contributed by atoms with Crippen LogP contribution in [0.25, 0.3) is 11.0 Å². The Morgan fingerprint density at radius 2 is 2.14 bits per heavy atom. The van der Waals surface area contributed by atoms with Crippen LogP contribution in [0.15, 0.2) is 18.3 Å². The maximum absolute atomic E-state index is 12.9. The molecule has 1 saturated carbocycles. The molecule has 12 heteroatoms. The van der Waals surface area contributed by atoms with Crippen LogP contribution >= 0.6 is 0 Å². The van der Waals surface area contributed by atoms with Gasteiger partial charge in [-0.15, -0.1) is 0 Å². The van der Waals surface area contributed by atoms with E-state index in [2.05, 4.69) is 46.4 Å². The molecule has 0 bridgehead atoms. The number of amides is 1. The predicted octanol–water partition coefficient (Wildman–Crippen LogP) is 1.98. The van der Waals surface area contributed by atoms with Crippen LogP contribution < -0.4 is 15.0 Å². The maximum atomic E-state index is 12.9. The first-order valence-corrected chi connectivity index (χ1v) is 12.8. The number of hydrogen-bond acceptors (Lipinski definition) is 10. The summed E-state index contributed by atoms with van der Waals surface area (Å²) in [6.07, 6.45) is 5.99. The second-order valence-corrected chi connectivity index (χ2v) is 10.1. The van der Waals surface area contributed by atoms with Gasteiger partial charge in [-0.2, -0.15) is 25.3 Å². The predicted molar refractivity (Wildman–Crippen MR) is 132 cm³/mol. The summed E-state index contributed by atoms with van der Waals surface area (Å²) in [6, 6.07) is 6.35. The number of piperidine rings is 1. The van der Waals surface area contributed by atoms with Crippen LogP contribution in [0.2, 0.25) is 0 Å². The van der Waals surface area contributed by atoms with Crippen molar-refractivity contribution in [2.75, 3.05) is 44.4 Å². The quantitative estimate of drug-likeness (QED) is 0.466. The highest BCUT2D eigenvalue weighted by Crippen LogP contribution is 2.45. The van der Waals surface area contributed by atoms with Gasteiger partial charge in [-0.3, -0.25) is 9.89 Å². The van der Waals surface area contributed by atoms with Crippen LogP contribution in [0.3, 0.4) is 0 Å². The van der Waals surface area contributed by atoms with Crippen molar-refractivity contribution in [2.24, 2.45) is 11.3 Å². The summed E-state index contributed by atoms with van der Waals surface area (Å²) in [5, 5.41) is 20.9. The molecule has 0 radical (unpaired) electrons. The maximum Gasteiger partial charge on any atom is 0.322 e. The molecule has 1 aliphatic carbocycles. The van der Waals surface area contributed by atoms with Crippen LogP contribution in [-0.2, 0) is 4.74 Å². The largest absolute Gasteiger partial charge is 0.462 e. The molecule has 0 spiro atoms. The van der Waals surface area contributed by atoms with Crippen molar-refractivity contribution in [1.29, 1.82) is 5.26 Å². The highest BCUT2D eigenvalue weighted by molar-refractivity contribution is 5.90. The van der Waals surface area contributed by atoms with Crippen LogP contribution in [0.1, 0.15) is 54.3 Å². The van der Waals surface area contributed by atoms with Gasteiger partial charge in [0, 0.05) is 55.4 Å². The Morgan fingerprint density at radius 1 is 1.27 bits per heavy atom. The number of anilines is 1. The number of nitrogens with one attached hydrogen (secondary N) is 2. The zero-order valence-corrected chi connectivity index (χ0v) is 20.5. The van der Waals surface area contributed by atoms with Gasteiger partial charge in [0.1, 0.15) is 6.61 Å². The summed E-state index contributed by atoms with van der Waals surface area (Å²) in [5.41, 5.74) is 1.35. The van der Waals surface area contributed by atoms with Gasteiger partial charge in [0.2, 0.25) is 11.8 Å². The lowest BCUT2D eigenvalue weighted by Gasteiger charge is -2.31. The number of aromatic nitrogens is 6. The number of ether oxygens (including phenoxy) is 2. The molecule has 12 nitrogen and oxygen atoms in total. The number of nitriles is 1. The lowest BCUT2D eigenvalue weighted by Crippen LogP contribution is -2.36. The van der Waals surface area contributed by atoms with E-state index in [4.69, 9.17) is 9.47 Å². The molecule has 2 saturated heterocycles. The van der Waals surface area contributed by atoms with Crippen LogP contribution in [-0.4, -0.2) is 75.5 Å². The smallest absolute Gasteiger partial charge is 0.322 e. The minimum Gasteiger partial charge on any atom is -0.462 e. The number of carbonyl (C=O) groups excluding carboxylic acids is 1. The normalized spacial score (nSPS) is 21.1. The van der Waals surface area contributed by atoms with Crippen LogP contribution in [0.4, 0.5) is 5.95 Å². The standard InChI is InChI=1S/C25H29N9O3/c26-14-25(6-7-25)15-37-24-30-21(22(35)28-12-16-5-11-36-13-16)29-23(31-24)34-9-3-17(4-10-34)19-18-2-1-8-27-20(18)33-32-19/h1-2,8,16-17H,3-7,9-13,15H2,(H,28,35)(H,27,32,33). The second kappa shape index (κ2) is 9.89. The van der Waals surface area contributed by atoms with E-state index in [1.165, 1.54) is 0 Å². The highest BCUT2D eigenvalue weighted by Gasteiger charge is 2.44. The Labute approximate surface area is 213 Å². The van der Waals surface area contributed by atoms with E-state index < -0.39 is 5.41 Å². The number of pyridine rings is 1. The Morgan fingerprint density at radius 3 is 2.89 bits per heavy atom. The molecular formula is C25H29N9O3. The van der Waals surface area contributed by atoms with Crippen molar-refractivity contribution >= 4 is 22.9 Å². The number of H-pyrrole nitrogens is 1. The molecule has 2 aliphatic heterocycles. The molecule has 1 atom stereocenters. The fraction of sp³-hybridized carbons (Fsp3) is 0.560. The first-order valence-electron chi connectivity index (χ1n) is 12.8. The number of hydrogen-bond donors (Lipinski definition) is 2. The minimum atomic E-state index is -0.474. The van der Waals surface area contributed by atoms with Crippen molar-refractivity contribution in [1.82, 2.24) is 35.5 Å². The van der Waals surface area contributed by atoms with Crippen LogP contribution in [0, 0.1) is 22.7 Å². The number of fused-ring (bicyclic) bond motifs is 1. The van der Waals surface area contributed by atoms with E-state index >= 15 is 0 Å². The molecule has 3 aliphatic rings. The van der Waals surface area contributed by atoms with E-state index in [1.807, 2.05) is 12.1 Å². The third-order valence-electron chi connectivity index (χ3n) is 7.49. The number of rotatable bonds is 8. The van der Waals surface area contributed by atoms with E-state index in [0.717, 1.165) is 55.4 Å². The SMILES string of the molecule is N#CC1(COc2nc(C(=O)NCC3CCOC3)nc(N3CCC(c4[nH]nc5ncccc45)CC3)n2)CC1. The van der Waals surface area contributed by atoms with Gasteiger partial charge in [0.05, 0.1) is 18.1 Å². The lowest BCUT2D eigenvalue weighted by atomic mass is 9.92.